The number of amides is 1. The van der Waals surface area contributed by atoms with E-state index in [0.717, 1.165) is 18.2 Å². The SMILES string of the molecule is CC1CCC(c2c(F)c(-c3c(F)cccc3F)nc(C(=O)N(O)O)c2-c2cccnc2)OC1. The van der Waals surface area contributed by atoms with Crippen LogP contribution in [0.2, 0.25) is 0 Å². The molecule has 10 heteroatoms. The van der Waals surface area contributed by atoms with E-state index in [1.54, 1.807) is 0 Å². The fraction of sp³-hybridized carbons (Fsp3) is 0.261. The molecule has 1 aliphatic rings. The highest BCUT2D eigenvalue weighted by atomic mass is 19.1. The van der Waals surface area contributed by atoms with Crippen LogP contribution in [0.25, 0.3) is 22.4 Å². The van der Waals surface area contributed by atoms with Crippen LogP contribution in [0.5, 0.6) is 0 Å². The first-order valence-electron chi connectivity index (χ1n) is 10.2. The number of pyridine rings is 2. The first kappa shape index (κ1) is 22.8. The summed E-state index contributed by atoms with van der Waals surface area (Å²) in [6.07, 6.45) is 2.97. The van der Waals surface area contributed by atoms with Gasteiger partial charge in [-0.3, -0.25) is 20.2 Å². The van der Waals surface area contributed by atoms with Crippen LogP contribution in [-0.4, -0.2) is 38.1 Å². The number of carbonyl (C=O) groups excluding carboxylic acids is 1. The summed E-state index contributed by atoms with van der Waals surface area (Å²) in [5.74, 6) is -4.47. The highest BCUT2D eigenvalue weighted by Crippen LogP contribution is 2.42. The minimum Gasteiger partial charge on any atom is -0.373 e. The standard InChI is InChI=1S/C23H20F3N3O4/c1-12-7-8-16(33-11-12)19-17(13-4-3-9-27-10-13)22(23(30)29(31)32)28-21(20(19)26)18-14(24)5-2-6-15(18)25/h2-6,9-10,12,16,31-32H,7-8,11H2,1H3. The minimum atomic E-state index is -1.42. The number of hydrogen-bond donors (Lipinski definition) is 2. The van der Waals surface area contributed by atoms with Crippen LogP contribution in [0, 0.1) is 23.4 Å². The molecular weight excluding hydrogens is 439 g/mol. The molecule has 2 N–H and O–H groups in total. The number of hydrogen-bond acceptors (Lipinski definition) is 6. The molecule has 1 aromatic carbocycles. The zero-order chi connectivity index (χ0) is 23.7. The fourth-order valence-corrected chi connectivity index (χ4v) is 3.94. The summed E-state index contributed by atoms with van der Waals surface area (Å²) in [5, 5.41) is 18.2. The molecule has 0 radical (unpaired) electrons. The maximum atomic E-state index is 16.0. The normalized spacial score (nSPS) is 18.2. The number of halogens is 3. The highest BCUT2D eigenvalue weighted by molar-refractivity contribution is 5.99. The van der Waals surface area contributed by atoms with Gasteiger partial charge in [0.1, 0.15) is 23.0 Å². The number of rotatable bonds is 4. The van der Waals surface area contributed by atoms with E-state index in [1.165, 1.54) is 24.5 Å². The Bertz CT molecular complexity index is 1160. The monoisotopic (exact) mass is 459 g/mol. The fourth-order valence-electron chi connectivity index (χ4n) is 3.94. The summed E-state index contributed by atoms with van der Waals surface area (Å²) < 4.78 is 51.0. The van der Waals surface area contributed by atoms with Gasteiger partial charge >= 0.3 is 5.91 Å². The Kier molecular flexibility index (Phi) is 6.41. The number of aromatic nitrogens is 2. The van der Waals surface area contributed by atoms with Crippen molar-refractivity contribution in [1.82, 2.24) is 15.2 Å². The van der Waals surface area contributed by atoms with Gasteiger partial charge in [-0.25, -0.2) is 18.2 Å². The molecule has 0 aliphatic carbocycles. The van der Waals surface area contributed by atoms with Crippen LogP contribution < -0.4 is 0 Å². The van der Waals surface area contributed by atoms with E-state index < -0.39 is 51.6 Å². The topological polar surface area (TPSA) is 95.8 Å². The summed E-state index contributed by atoms with van der Waals surface area (Å²) in [7, 11) is 0. The second kappa shape index (κ2) is 9.26. The van der Waals surface area contributed by atoms with E-state index >= 15 is 4.39 Å². The van der Waals surface area contributed by atoms with Crippen molar-refractivity contribution in [2.75, 3.05) is 6.61 Å². The van der Waals surface area contributed by atoms with Crippen molar-refractivity contribution in [2.24, 2.45) is 5.92 Å². The van der Waals surface area contributed by atoms with Gasteiger partial charge in [0.05, 0.1) is 11.7 Å². The molecule has 2 atom stereocenters. The molecule has 0 bridgehead atoms. The van der Waals surface area contributed by atoms with Crippen LogP contribution in [0.4, 0.5) is 13.2 Å². The molecule has 2 unspecified atom stereocenters. The predicted molar refractivity (Wildman–Crippen MR) is 110 cm³/mol. The molecule has 0 saturated carbocycles. The van der Waals surface area contributed by atoms with Crippen molar-refractivity contribution in [1.29, 1.82) is 0 Å². The molecular formula is C23H20F3N3O4. The van der Waals surface area contributed by atoms with Crippen molar-refractivity contribution in [3.05, 3.63) is 71.4 Å². The summed E-state index contributed by atoms with van der Waals surface area (Å²) in [6.45, 7) is 2.27. The number of benzene rings is 1. The molecule has 33 heavy (non-hydrogen) atoms. The van der Waals surface area contributed by atoms with Gasteiger partial charge in [0.15, 0.2) is 5.82 Å². The molecule has 1 amide bonds. The third kappa shape index (κ3) is 4.32. The van der Waals surface area contributed by atoms with E-state index in [0.29, 0.717) is 19.4 Å². The zero-order valence-electron chi connectivity index (χ0n) is 17.5. The minimum absolute atomic E-state index is 0.0984. The molecule has 0 spiro atoms. The van der Waals surface area contributed by atoms with E-state index in [-0.39, 0.29) is 22.6 Å². The van der Waals surface area contributed by atoms with Gasteiger partial charge in [0.2, 0.25) is 0 Å². The van der Waals surface area contributed by atoms with E-state index in [4.69, 9.17) is 4.74 Å². The third-order valence-corrected chi connectivity index (χ3v) is 5.53. The van der Waals surface area contributed by atoms with Gasteiger partial charge in [-0.2, -0.15) is 0 Å². The van der Waals surface area contributed by atoms with Gasteiger partial charge in [-0.15, -0.1) is 0 Å². The lowest BCUT2D eigenvalue weighted by Crippen LogP contribution is -2.27. The largest absolute Gasteiger partial charge is 0.373 e. The molecule has 1 aliphatic heterocycles. The average molecular weight is 459 g/mol. The van der Waals surface area contributed by atoms with Crippen LogP contribution in [-0.2, 0) is 4.74 Å². The van der Waals surface area contributed by atoms with Crippen molar-refractivity contribution >= 4 is 5.91 Å². The average Bonchev–Trinajstić information content (AvgIpc) is 2.80. The third-order valence-electron chi connectivity index (χ3n) is 5.53. The Morgan fingerprint density at radius 2 is 1.82 bits per heavy atom. The van der Waals surface area contributed by atoms with Crippen molar-refractivity contribution < 1.29 is 33.1 Å². The molecule has 172 valence electrons. The Morgan fingerprint density at radius 3 is 2.39 bits per heavy atom. The zero-order valence-corrected chi connectivity index (χ0v) is 17.5. The van der Waals surface area contributed by atoms with Gasteiger partial charge in [0.25, 0.3) is 0 Å². The molecule has 1 saturated heterocycles. The van der Waals surface area contributed by atoms with Gasteiger partial charge in [-0.05, 0) is 37.0 Å². The van der Waals surface area contributed by atoms with Gasteiger partial charge in [-0.1, -0.05) is 24.3 Å². The number of hydroxylamine groups is 2. The molecule has 2 aromatic heterocycles. The van der Waals surface area contributed by atoms with Gasteiger partial charge in [0, 0.05) is 35.7 Å². The Labute approximate surface area is 187 Å². The van der Waals surface area contributed by atoms with Crippen LogP contribution >= 0.6 is 0 Å². The van der Waals surface area contributed by atoms with Crippen LogP contribution in [0.1, 0.15) is 41.9 Å². The molecule has 3 heterocycles. The second-order valence-electron chi connectivity index (χ2n) is 7.85. The van der Waals surface area contributed by atoms with E-state index in [9.17, 15) is 24.0 Å². The smallest absolute Gasteiger partial charge is 0.322 e. The summed E-state index contributed by atoms with van der Waals surface area (Å²) in [4.78, 5) is 20.5. The van der Waals surface area contributed by atoms with Crippen molar-refractivity contribution in [2.45, 2.75) is 25.9 Å². The summed E-state index contributed by atoms with van der Waals surface area (Å²) in [5.41, 5.74) is -2.20. The number of carbonyl (C=O) groups is 1. The lowest BCUT2D eigenvalue weighted by Gasteiger charge is -2.30. The number of nitrogens with zero attached hydrogens (tertiary/aromatic N) is 3. The van der Waals surface area contributed by atoms with Gasteiger partial charge < -0.3 is 4.74 Å². The van der Waals surface area contributed by atoms with Crippen molar-refractivity contribution in [3.63, 3.8) is 0 Å². The first-order valence-corrected chi connectivity index (χ1v) is 10.2. The maximum Gasteiger partial charge on any atom is 0.322 e. The molecule has 4 rings (SSSR count). The van der Waals surface area contributed by atoms with E-state index in [1.807, 2.05) is 6.92 Å². The van der Waals surface area contributed by atoms with E-state index in [2.05, 4.69) is 9.97 Å². The summed E-state index contributed by atoms with van der Waals surface area (Å²) >= 11 is 0. The maximum absolute atomic E-state index is 16.0. The lowest BCUT2D eigenvalue weighted by molar-refractivity contribution is -0.260. The number of ether oxygens (including phenoxy) is 1. The first-order chi connectivity index (χ1) is 15.8. The van der Waals surface area contributed by atoms with Crippen LogP contribution in [0.15, 0.2) is 42.7 Å². The second-order valence-corrected chi connectivity index (χ2v) is 7.85. The molecule has 1 fully saturated rings. The van der Waals surface area contributed by atoms with Crippen molar-refractivity contribution in [3.8, 4) is 22.4 Å². The highest BCUT2D eigenvalue weighted by Gasteiger charge is 2.34. The molecule has 3 aromatic rings. The summed E-state index contributed by atoms with van der Waals surface area (Å²) in [6, 6.07) is 6.03. The molecule has 7 nitrogen and oxygen atoms in total. The Morgan fingerprint density at radius 1 is 1.09 bits per heavy atom. The quantitative estimate of drug-likeness (QED) is 0.424. The Balaban J connectivity index is 2.09. The lowest BCUT2D eigenvalue weighted by atomic mass is 9.88. The predicted octanol–water partition coefficient (Wildman–Crippen LogP) is 4.94. The van der Waals surface area contributed by atoms with Crippen LogP contribution in [0.3, 0.4) is 0 Å². The Hall–Kier alpha value is -3.34.